The van der Waals surface area contributed by atoms with Gasteiger partial charge in [-0.15, -0.1) is 0 Å². The second-order valence-electron chi connectivity index (χ2n) is 2.63. The summed E-state index contributed by atoms with van der Waals surface area (Å²) in [6, 6.07) is 0. The van der Waals surface area contributed by atoms with Crippen LogP contribution in [-0.2, 0) is 4.79 Å². The number of nitrogens with two attached hydrogens (primary N) is 1. The zero-order valence-electron chi connectivity index (χ0n) is 7.57. The third-order valence-electron chi connectivity index (χ3n) is 1.52. The van der Waals surface area contributed by atoms with Crippen molar-refractivity contribution < 1.29 is 9.53 Å². The summed E-state index contributed by atoms with van der Waals surface area (Å²) in [7, 11) is 0. The van der Waals surface area contributed by atoms with Gasteiger partial charge in [0.2, 0.25) is 0 Å². The van der Waals surface area contributed by atoms with E-state index in [0.717, 1.165) is 0 Å². The molecule has 5 nitrogen and oxygen atoms in total. The minimum absolute atomic E-state index is 0.144. The number of aromatic nitrogens is 2. The molecule has 0 spiro atoms. The third kappa shape index (κ3) is 2.40. The average Bonchev–Trinajstić information content (AvgIpc) is 2.03. The fourth-order valence-corrected chi connectivity index (χ4v) is 0.933. The molecule has 1 amide bonds. The van der Waals surface area contributed by atoms with Gasteiger partial charge in [0.05, 0.1) is 11.4 Å². The van der Waals surface area contributed by atoms with E-state index in [1.54, 1.807) is 13.8 Å². The van der Waals surface area contributed by atoms with E-state index in [4.69, 9.17) is 10.5 Å². The van der Waals surface area contributed by atoms with Gasteiger partial charge in [0.15, 0.2) is 12.4 Å². The lowest BCUT2D eigenvalue weighted by Gasteiger charge is -2.07. The lowest BCUT2D eigenvalue weighted by atomic mass is 10.3. The first-order chi connectivity index (χ1) is 6.11. The van der Waals surface area contributed by atoms with Crippen LogP contribution in [-0.4, -0.2) is 22.5 Å². The number of primary amides is 1. The second kappa shape index (κ2) is 3.84. The molecule has 13 heavy (non-hydrogen) atoms. The zero-order chi connectivity index (χ0) is 9.84. The Morgan fingerprint density at radius 3 is 2.46 bits per heavy atom. The molecule has 0 bridgehead atoms. The molecule has 0 saturated carbocycles. The molecule has 1 heterocycles. The number of carbonyl (C=O) groups is 1. The van der Waals surface area contributed by atoms with Crippen LogP contribution < -0.4 is 10.5 Å². The molecule has 0 radical (unpaired) electrons. The van der Waals surface area contributed by atoms with Gasteiger partial charge in [-0.2, -0.15) is 0 Å². The normalized spacial score (nSPS) is 9.69. The second-order valence-corrected chi connectivity index (χ2v) is 2.63. The molecule has 5 heteroatoms. The molecule has 0 fully saturated rings. The maximum absolute atomic E-state index is 10.5. The van der Waals surface area contributed by atoms with Gasteiger partial charge in [0.1, 0.15) is 6.33 Å². The van der Waals surface area contributed by atoms with E-state index in [-0.39, 0.29) is 6.61 Å². The van der Waals surface area contributed by atoms with Crippen molar-refractivity contribution in [2.24, 2.45) is 5.73 Å². The standard InChI is InChI=1S/C8H11N3O2/c1-5-8(13-3-7(9)12)6(2)11-4-10-5/h4H,3H2,1-2H3,(H2,9,12). The minimum atomic E-state index is -0.511. The number of carbonyl (C=O) groups excluding carboxylic acids is 1. The number of hydrogen-bond donors (Lipinski definition) is 1. The van der Waals surface area contributed by atoms with Gasteiger partial charge in [-0.25, -0.2) is 9.97 Å². The first kappa shape index (κ1) is 9.44. The fourth-order valence-electron chi connectivity index (χ4n) is 0.933. The quantitative estimate of drug-likeness (QED) is 0.709. The van der Waals surface area contributed by atoms with E-state index in [0.29, 0.717) is 17.1 Å². The Bertz CT molecular complexity index is 305. The summed E-state index contributed by atoms with van der Waals surface area (Å²) in [5.41, 5.74) is 6.34. The van der Waals surface area contributed by atoms with E-state index < -0.39 is 5.91 Å². The Balaban J connectivity index is 2.81. The molecule has 0 aliphatic carbocycles. The summed E-state index contributed by atoms with van der Waals surface area (Å²) in [6.07, 6.45) is 1.45. The number of rotatable bonds is 3. The van der Waals surface area contributed by atoms with Crippen molar-refractivity contribution in [1.29, 1.82) is 0 Å². The molecule has 0 aromatic carbocycles. The Hall–Kier alpha value is -1.65. The largest absolute Gasteiger partial charge is 0.480 e. The van der Waals surface area contributed by atoms with E-state index in [2.05, 4.69) is 9.97 Å². The molecule has 2 N–H and O–H groups in total. The summed E-state index contributed by atoms with van der Waals surface area (Å²) < 4.78 is 5.13. The van der Waals surface area contributed by atoms with Crippen molar-refractivity contribution in [3.8, 4) is 5.75 Å². The van der Waals surface area contributed by atoms with Crippen LogP contribution in [0, 0.1) is 13.8 Å². The van der Waals surface area contributed by atoms with E-state index >= 15 is 0 Å². The van der Waals surface area contributed by atoms with Crippen LogP contribution in [0.1, 0.15) is 11.4 Å². The Labute approximate surface area is 75.9 Å². The number of nitrogens with zero attached hydrogens (tertiary/aromatic N) is 2. The fraction of sp³-hybridized carbons (Fsp3) is 0.375. The SMILES string of the molecule is Cc1ncnc(C)c1OCC(N)=O. The van der Waals surface area contributed by atoms with Gasteiger partial charge in [-0.3, -0.25) is 4.79 Å². The van der Waals surface area contributed by atoms with Crippen LogP contribution in [0.3, 0.4) is 0 Å². The van der Waals surface area contributed by atoms with Gasteiger partial charge in [-0.05, 0) is 13.8 Å². The molecule has 0 aliphatic rings. The van der Waals surface area contributed by atoms with Crippen LogP contribution in [0.5, 0.6) is 5.75 Å². The summed E-state index contributed by atoms with van der Waals surface area (Å²) >= 11 is 0. The first-order valence-corrected chi connectivity index (χ1v) is 3.80. The van der Waals surface area contributed by atoms with Crippen LogP contribution >= 0.6 is 0 Å². The number of amides is 1. The molecule has 0 unspecified atom stereocenters. The summed E-state index contributed by atoms with van der Waals surface area (Å²) in [6.45, 7) is 3.42. The van der Waals surface area contributed by atoms with Gasteiger partial charge in [-0.1, -0.05) is 0 Å². The minimum Gasteiger partial charge on any atom is -0.480 e. The third-order valence-corrected chi connectivity index (χ3v) is 1.52. The summed E-state index contributed by atoms with van der Waals surface area (Å²) in [5.74, 6) is 0.0175. The lowest BCUT2D eigenvalue weighted by Crippen LogP contribution is -2.20. The number of aryl methyl sites for hydroxylation is 2. The predicted octanol–water partition coefficient (Wildman–Crippen LogP) is -0.0425. The zero-order valence-corrected chi connectivity index (χ0v) is 7.57. The predicted molar refractivity (Wildman–Crippen MR) is 46.2 cm³/mol. The molecule has 1 aromatic heterocycles. The van der Waals surface area contributed by atoms with Crippen LogP contribution in [0.2, 0.25) is 0 Å². The molecule has 70 valence electrons. The highest BCUT2D eigenvalue weighted by Crippen LogP contribution is 2.17. The van der Waals surface area contributed by atoms with Crippen molar-refractivity contribution in [2.75, 3.05) is 6.61 Å². The number of ether oxygens (including phenoxy) is 1. The molecule has 0 saturated heterocycles. The van der Waals surface area contributed by atoms with Crippen molar-refractivity contribution in [1.82, 2.24) is 9.97 Å². The van der Waals surface area contributed by atoms with E-state index in [9.17, 15) is 4.79 Å². The van der Waals surface area contributed by atoms with Crippen molar-refractivity contribution in [3.05, 3.63) is 17.7 Å². The van der Waals surface area contributed by atoms with Crippen LogP contribution in [0.25, 0.3) is 0 Å². The molecule has 1 rings (SSSR count). The highest BCUT2D eigenvalue weighted by atomic mass is 16.5. The molecular formula is C8H11N3O2. The Morgan fingerprint density at radius 1 is 1.46 bits per heavy atom. The summed E-state index contributed by atoms with van der Waals surface area (Å²) in [5, 5.41) is 0. The van der Waals surface area contributed by atoms with Gasteiger partial charge in [0.25, 0.3) is 5.91 Å². The Kier molecular flexibility index (Phi) is 2.79. The smallest absolute Gasteiger partial charge is 0.255 e. The van der Waals surface area contributed by atoms with Crippen molar-refractivity contribution in [3.63, 3.8) is 0 Å². The van der Waals surface area contributed by atoms with Crippen LogP contribution in [0.4, 0.5) is 0 Å². The lowest BCUT2D eigenvalue weighted by molar-refractivity contribution is -0.119. The maximum Gasteiger partial charge on any atom is 0.255 e. The topological polar surface area (TPSA) is 78.1 Å². The van der Waals surface area contributed by atoms with Gasteiger partial charge < -0.3 is 10.5 Å². The Morgan fingerprint density at radius 2 is 2.00 bits per heavy atom. The van der Waals surface area contributed by atoms with E-state index in [1.165, 1.54) is 6.33 Å². The number of hydrogen-bond acceptors (Lipinski definition) is 4. The van der Waals surface area contributed by atoms with Crippen molar-refractivity contribution >= 4 is 5.91 Å². The van der Waals surface area contributed by atoms with Gasteiger partial charge in [0, 0.05) is 0 Å². The summed E-state index contributed by atoms with van der Waals surface area (Å²) in [4.78, 5) is 18.3. The highest BCUT2D eigenvalue weighted by molar-refractivity contribution is 5.75. The maximum atomic E-state index is 10.5. The monoisotopic (exact) mass is 181 g/mol. The van der Waals surface area contributed by atoms with E-state index in [1.807, 2.05) is 0 Å². The first-order valence-electron chi connectivity index (χ1n) is 3.80. The molecular weight excluding hydrogens is 170 g/mol. The molecule has 0 atom stereocenters. The average molecular weight is 181 g/mol. The van der Waals surface area contributed by atoms with Crippen LogP contribution in [0.15, 0.2) is 6.33 Å². The highest BCUT2D eigenvalue weighted by Gasteiger charge is 2.06. The van der Waals surface area contributed by atoms with Gasteiger partial charge >= 0.3 is 0 Å². The molecule has 1 aromatic rings. The van der Waals surface area contributed by atoms with Crippen molar-refractivity contribution in [2.45, 2.75) is 13.8 Å². The molecule has 0 aliphatic heterocycles.